The first-order valence-electron chi connectivity index (χ1n) is 7.96. The van der Waals surface area contributed by atoms with Gasteiger partial charge in [0.15, 0.2) is 0 Å². The zero-order chi connectivity index (χ0) is 18.9. The van der Waals surface area contributed by atoms with Crippen LogP contribution in [0.1, 0.15) is 0 Å². The van der Waals surface area contributed by atoms with E-state index < -0.39 is 15.6 Å². The lowest BCUT2D eigenvalue weighted by Crippen LogP contribution is -2.39. The lowest BCUT2D eigenvalue weighted by molar-refractivity contribution is -0.119. The monoisotopic (exact) mass is 393 g/mol. The van der Waals surface area contributed by atoms with E-state index >= 15 is 0 Å². The number of rotatable bonds is 4. The molecule has 0 fully saturated rings. The molecule has 138 valence electrons. The van der Waals surface area contributed by atoms with Gasteiger partial charge in [0.2, 0.25) is 15.9 Å². The van der Waals surface area contributed by atoms with E-state index in [4.69, 9.17) is 0 Å². The number of thioether (sulfide) groups is 1. The number of nitrogens with zero attached hydrogens (tertiary/aromatic N) is 3. The summed E-state index contributed by atoms with van der Waals surface area (Å²) in [6.45, 7) is 0.333. The van der Waals surface area contributed by atoms with E-state index in [1.165, 1.54) is 32.4 Å². The van der Waals surface area contributed by atoms with Crippen molar-refractivity contribution < 1.29 is 13.2 Å². The first kappa shape index (κ1) is 18.7. The Bertz CT molecular complexity index is 999. The van der Waals surface area contributed by atoms with Gasteiger partial charge < -0.3 is 9.47 Å². The molecule has 1 aromatic carbocycles. The highest BCUT2D eigenvalue weighted by molar-refractivity contribution is 7.99. The molecule has 26 heavy (non-hydrogen) atoms. The molecule has 0 saturated heterocycles. The SMILES string of the molecule is CN(C)S(=O)(=O)c1ccc(=O)n(CC(=O)N2CCSc3ccccc32)c1. The topological polar surface area (TPSA) is 79.7 Å². The van der Waals surface area contributed by atoms with Crippen molar-refractivity contribution in [3.63, 3.8) is 0 Å². The van der Waals surface area contributed by atoms with Gasteiger partial charge >= 0.3 is 0 Å². The molecule has 1 aliphatic heterocycles. The summed E-state index contributed by atoms with van der Waals surface area (Å²) in [6, 6.07) is 10.0. The lowest BCUT2D eigenvalue weighted by atomic mass is 10.2. The van der Waals surface area contributed by atoms with E-state index in [-0.39, 0.29) is 17.3 Å². The number of anilines is 1. The molecular weight excluding hydrogens is 374 g/mol. The first-order valence-corrected chi connectivity index (χ1v) is 10.4. The second-order valence-electron chi connectivity index (χ2n) is 5.98. The number of pyridine rings is 1. The van der Waals surface area contributed by atoms with E-state index in [9.17, 15) is 18.0 Å². The summed E-state index contributed by atoms with van der Waals surface area (Å²) in [5.74, 6) is 0.520. The number of para-hydroxylation sites is 1. The largest absolute Gasteiger partial charge is 0.309 e. The fourth-order valence-electron chi connectivity index (χ4n) is 2.66. The number of hydrogen-bond acceptors (Lipinski definition) is 5. The molecule has 0 bridgehead atoms. The predicted molar refractivity (Wildman–Crippen MR) is 101 cm³/mol. The van der Waals surface area contributed by atoms with Crippen molar-refractivity contribution in [2.24, 2.45) is 0 Å². The van der Waals surface area contributed by atoms with Crippen LogP contribution in [0.2, 0.25) is 0 Å². The van der Waals surface area contributed by atoms with Crippen molar-refractivity contribution in [3.05, 3.63) is 52.9 Å². The van der Waals surface area contributed by atoms with Gasteiger partial charge in [0.1, 0.15) is 6.54 Å². The Labute approximate surface area is 156 Å². The van der Waals surface area contributed by atoms with Gasteiger partial charge in [-0.15, -0.1) is 11.8 Å². The van der Waals surface area contributed by atoms with Crippen LogP contribution in [-0.4, -0.2) is 49.6 Å². The maximum atomic E-state index is 12.8. The number of aromatic nitrogens is 1. The van der Waals surface area contributed by atoms with Crippen LogP contribution in [0.15, 0.2) is 57.2 Å². The highest BCUT2D eigenvalue weighted by Gasteiger charge is 2.24. The number of carbonyl (C=O) groups is 1. The van der Waals surface area contributed by atoms with Gasteiger partial charge in [0.25, 0.3) is 5.56 Å². The Morgan fingerprint density at radius 1 is 1.19 bits per heavy atom. The second kappa shape index (κ2) is 7.26. The molecule has 0 saturated carbocycles. The highest BCUT2D eigenvalue weighted by Crippen LogP contribution is 2.34. The van der Waals surface area contributed by atoms with Crippen LogP contribution in [0.4, 0.5) is 5.69 Å². The van der Waals surface area contributed by atoms with Gasteiger partial charge in [-0.05, 0) is 18.2 Å². The summed E-state index contributed by atoms with van der Waals surface area (Å²) >= 11 is 1.68. The zero-order valence-corrected chi connectivity index (χ0v) is 16.1. The number of amides is 1. The van der Waals surface area contributed by atoms with E-state index in [1.807, 2.05) is 24.3 Å². The van der Waals surface area contributed by atoms with Crippen LogP contribution in [0.25, 0.3) is 0 Å². The number of sulfonamides is 1. The fraction of sp³-hybridized carbons (Fsp3) is 0.294. The maximum Gasteiger partial charge on any atom is 0.251 e. The van der Waals surface area contributed by atoms with E-state index in [0.29, 0.717) is 6.54 Å². The van der Waals surface area contributed by atoms with Crippen molar-refractivity contribution in [2.45, 2.75) is 16.3 Å². The molecule has 0 atom stereocenters. The number of benzene rings is 1. The second-order valence-corrected chi connectivity index (χ2v) is 9.27. The van der Waals surface area contributed by atoms with Crippen molar-refractivity contribution >= 4 is 33.4 Å². The Morgan fingerprint density at radius 2 is 1.92 bits per heavy atom. The molecule has 2 aromatic rings. The molecule has 0 spiro atoms. The molecule has 2 heterocycles. The minimum Gasteiger partial charge on any atom is -0.309 e. The molecular formula is C17H19N3O4S2. The summed E-state index contributed by atoms with van der Waals surface area (Å²) in [6.07, 6.45) is 1.22. The molecule has 1 aromatic heterocycles. The molecule has 0 N–H and O–H groups in total. The van der Waals surface area contributed by atoms with Crippen molar-refractivity contribution in [1.82, 2.24) is 8.87 Å². The Kier molecular flexibility index (Phi) is 5.22. The minimum atomic E-state index is -3.68. The summed E-state index contributed by atoms with van der Waals surface area (Å²) in [7, 11) is -0.850. The summed E-state index contributed by atoms with van der Waals surface area (Å²) in [4.78, 5) is 27.5. The third-order valence-electron chi connectivity index (χ3n) is 4.07. The smallest absolute Gasteiger partial charge is 0.251 e. The third-order valence-corrected chi connectivity index (χ3v) is 6.91. The van der Waals surface area contributed by atoms with E-state index in [1.54, 1.807) is 16.7 Å². The zero-order valence-electron chi connectivity index (χ0n) is 14.5. The standard InChI is InChI=1S/C17H19N3O4S2/c1-18(2)26(23,24)13-7-8-16(21)19(11-13)12-17(22)20-9-10-25-15-6-4-3-5-14(15)20/h3-8,11H,9-10,12H2,1-2H3. The van der Waals surface area contributed by atoms with E-state index in [0.717, 1.165) is 25.2 Å². The normalized spacial score (nSPS) is 14.3. The molecule has 0 unspecified atom stereocenters. The molecule has 1 aliphatic rings. The molecule has 9 heteroatoms. The third kappa shape index (κ3) is 3.55. The van der Waals surface area contributed by atoms with Crippen LogP contribution in [0, 0.1) is 0 Å². The van der Waals surface area contributed by atoms with Gasteiger partial charge in [-0.3, -0.25) is 9.59 Å². The number of hydrogen-bond donors (Lipinski definition) is 0. The van der Waals surface area contributed by atoms with Gasteiger partial charge in [0.05, 0.1) is 10.6 Å². The number of fused-ring (bicyclic) bond motifs is 1. The van der Waals surface area contributed by atoms with Crippen LogP contribution in [0.3, 0.4) is 0 Å². The van der Waals surface area contributed by atoms with Gasteiger partial charge in [-0.2, -0.15) is 0 Å². The van der Waals surface area contributed by atoms with Gasteiger partial charge in [-0.25, -0.2) is 12.7 Å². The van der Waals surface area contributed by atoms with Gasteiger partial charge in [0, 0.05) is 43.6 Å². The molecule has 0 aliphatic carbocycles. The summed E-state index contributed by atoms with van der Waals surface area (Å²) in [5, 5.41) is 0. The maximum absolute atomic E-state index is 12.8. The first-order chi connectivity index (χ1) is 12.3. The summed E-state index contributed by atoms with van der Waals surface area (Å²) in [5.41, 5.74) is 0.398. The highest BCUT2D eigenvalue weighted by atomic mass is 32.2. The summed E-state index contributed by atoms with van der Waals surface area (Å²) < 4.78 is 26.7. The van der Waals surface area contributed by atoms with Crippen LogP contribution in [0.5, 0.6) is 0 Å². The average molecular weight is 393 g/mol. The van der Waals surface area contributed by atoms with Crippen LogP contribution < -0.4 is 10.5 Å². The van der Waals surface area contributed by atoms with Gasteiger partial charge in [-0.1, -0.05) is 12.1 Å². The minimum absolute atomic E-state index is 0.0236. The lowest BCUT2D eigenvalue weighted by Gasteiger charge is -2.29. The fourth-order valence-corrected chi connectivity index (χ4v) is 4.57. The Morgan fingerprint density at radius 3 is 2.65 bits per heavy atom. The van der Waals surface area contributed by atoms with Crippen molar-refractivity contribution in [1.29, 1.82) is 0 Å². The molecule has 0 radical (unpaired) electrons. The van der Waals surface area contributed by atoms with E-state index in [2.05, 4.69) is 0 Å². The molecule has 3 rings (SSSR count). The quantitative estimate of drug-likeness (QED) is 0.781. The Balaban J connectivity index is 1.90. The van der Waals surface area contributed by atoms with Crippen LogP contribution in [-0.2, 0) is 21.4 Å². The average Bonchev–Trinajstić information content (AvgIpc) is 2.62. The van der Waals surface area contributed by atoms with Crippen molar-refractivity contribution in [2.75, 3.05) is 31.3 Å². The molecule has 7 nitrogen and oxygen atoms in total. The number of carbonyl (C=O) groups excluding carboxylic acids is 1. The Hall–Kier alpha value is -2.10. The van der Waals surface area contributed by atoms with Crippen LogP contribution >= 0.6 is 11.8 Å². The molecule has 1 amide bonds. The predicted octanol–water partition coefficient (Wildman–Crippen LogP) is 1.24. The van der Waals surface area contributed by atoms with Crippen molar-refractivity contribution in [3.8, 4) is 0 Å².